The molecule has 0 heterocycles. The smallest absolute Gasteiger partial charge is 0.237 e. The molecule has 0 saturated carbocycles. The fourth-order valence-corrected chi connectivity index (χ4v) is 4.39. The molecule has 1 amide bonds. The Kier molecular flexibility index (Phi) is 8.25. The van der Waals surface area contributed by atoms with Gasteiger partial charge < -0.3 is 16.0 Å². The van der Waals surface area contributed by atoms with Gasteiger partial charge in [0.2, 0.25) is 5.91 Å². The fourth-order valence-electron chi connectivity index (χ4n) is 3.22. The van der Waals surface area contributed by atoms with Crippen LogP contribution >= 0.6 is 24.0 Å². The maximum atomic E-state index is 12.8. The number of Topliss-reactive ketones (excluding diaryl/α,β-unsaturated/α-hetero) is 1. The molecule has 0 aliphatic carbocycles. The van der Waals surface area contributed by atoms with Crippen molar-refractivity contribution in [3.8, 4) is 0 Å². The minimum atomic E-state index is -0.274. The predicted octanol–water partition coefficient (Wildman–Crippen LogP) is 6.43. The number of thiocarbonyl (C=S) groups is 1. The molecule has 3 N–H and O–H groups in total. The van der Waals surface area contributed by atoms with Gasteiger partial charge in [-0.15, -0.1) is 11.8 Å². The van der Waals surface area contributed by atoms with Gasteiger partial charge in [-0.3, -0.25) is 9.59 Å². The number of hydrogen-bond donors (Lipinski definition) is 3. The molecule has 7 heteroatoms. The van der Waals surface area contributed by atoms with Crippen LogP contribution in [0, 0.1) is 13.8 Å². The molecule has 3 rings (SSSR count). The molecule has 3 aromatic carbocycles. The zero-order valence-electron chi connectivity index (χ0n) is 19.1. The molecule has 0 aromatic heterocycles. The molecule has 5 nitrogen and oxygen atoms in total. The molecule has 0 fully saturated rings. The summed E-state index contributed by atoms with van der Waals surface area (Å²) in [6.45, 7) is 7.41. The van der Waals surface area contributed by atoms with Crippen molar-refractivity contribution in [3.05, 3.63) is 83.4 Å². The SMILES string of the molecule is CC(=O)c1ccc(NC(=S)Nc2cccc(SC(C)C(=O)Nc3c(C)cccc3C)c2)cc1. The van der Waals surface area contributed by atoms with Crippen molar-refractivity contribution in [3.63, 3.8) is 0 Å². The van der Waals surface area contributed by atoms with E-state index >= 15 is 0 Å². The molecule has 33 heavy (non-hydrogen) atoms. The van der Waals surface area contributed by atoms with E-state index in [9.17, 15) is 9.59 Å². The highest BCUT2D eigenvalue weighted by Crippen LogP contribution is 2.28. The summed E-state index contributed by atoms with van der Waals surface area (Å²) in [5.74, 6) is -0.0181. The highest BCUT2D eigenvalue weighted by Gasteiger charge is 2.16. The lowest BCUT2D eigenvalue weighted by Crippen LogP contribution is -2.23. The number of para-hydroxylation sites is 1. The summed E-state index contributed by atoms with van der Waals surface area (Å²) in [7, 11) is 0. The molecule has 0 radical (unpaired) electrons. The number of anilines is 3. The Bertz CT molecular complexity index is 1160. The van der Waals surface area contributed by atoms with Crippen molar-refractivity contribution < 1.29 is 9.59 Å². The highest BCUT2D eigenvalue weighted by atomic mass is 32.2. The first kappa shape index (κ1) is 24.5. The molecular weight excluding hydrogens is 450 g/mol. The summed E-state index contributed by atoms with van der Waals surface area (Å²) >= 11 is 6.90. The Balaban J connectivity index is 1.59. The van der Waals surface area contributed by atoms with E-state index in [2.05, 4.69) is 16.0 Å². The van der Waals surface area contributed by atoms with Gasteiger partial charge in [0.05, 0.1) is 5.25 Å². The van der Waals surface area contributed by atoms with Crippen molar-refractivity contribution in [2.24, 2.45) is 0 Å². The van der Waals surface area contributed by atoms with Crippen molar-refractivity contribution >= 4 is 57.8 Å². The van der Waals surface area contributed by atoms with Crippen LogP contribution in [-0.4, -0.2) is 22.1 Å². The number of amides is 1. The van der Waals surface area contributed by atoms with Crippen LogP contribution in [0.25, 0.3) is 0 Å². The lowest BCUT2D eigenvalue weighted by atomic mass is 10.1. The minimum Gasteiger partial charge on any atom is -0.332 e. The molecule has 3 aromatic rings. The normalized spacial score (nSPS) is 11.4. The quantitative estimate of drug-likeness (QED) is 0.207. The molecule has 170 valence electrons. The van der Waals surface area contributed by atoms with Gasteiger partial charge in [-0.05, 0) is 93.5 Å². The largest absolute Gasteiger partial charge is 0.332 e. The summed E-state index contributed by atoms with van der Waals surface area (Å²) in [5.41, 5.74) is 5.23. The van der Waals surface area contributed by atoms with Crippen molar-refractivity contribution in [2.45, 2.75) is 37.8 Å². The monoisotopic (exact) mass is 477 g/mol. The van der Waals surface area contributed by atoms with Crippen molar-refractivity contribution in [1.82, 2.24) is 0 Å². The maximum absolute atomic E-state index is 12.8. The maximum Gasteiger partial charge on any atom is 0.237 e. The van der Waals surface area contributed by atoms with Gasteiger partial charge in [-0.25, -0.2) is 0 Å². The second-order valence-corrected chi connectivity index (χ2v) is 9.58. The van der Waals surface area contributed by atoms with E-state index in [-0.39, 0.29) is 16.9 Å². The molecule has 0 saturated heterocycles. The molecule has 1 unspecified atom stereocenters. The van der Waals surface area contributed by atoms with E-state index in [4.69, 9.17) is 12.2 Å². The van der Waals surface area contributed by atoms with E-state index < -0.39 is 0 Å². The number of thioether (sulfide) groups is 1. The number of rotatable bonds is 7. The third-order valence-corrected chi connectivity index (χ3v) is 6.35. The average Bonchev–Trinajstić information content (AvgIpc) is 2.76. The summed E-state index contributed by atoms with van der Waals surface area (Å²) in [6.07, 6.45) is 0. The number of carbonyl (C=O) groups is 2. The number of aryl methyl sites for hydroxylation is 2. The number of benzene rings is 3. The van der Waals surface area contributed by atoms with E-state index in [1.807, 2.05) is 75.4 Å². The Hall–Kier alpha value is -3.16. The molecule has 0 spiro atoms. The van der Waals surface area contributed by atoms with Gasteiger partial charge in [-0.2, -0.15) is 0 Å². The Morgan fingerprint density at radius 1 is 0.848 bits per heavy atom. The first-order chi connectivity index (χ1) is 15.7. The van der Waals surface area contributed by atoms with Crippen LogP contribution in [0.15, 0.2) is 71.6 Å². The third-order valence-electron chi connectivity index (χ3n) is 5.05. The third kappa shape index (κ3) is 6.91. The Labute approximate surface area is 204 Å². The first-order valence-electron chi connectivity index (χ1n) is 10.6. The van der Waals surface area contributed by atoms with E-state index in [1.165, 1.54) is 18.7 Å². The second-order valence-electron chi connectivity index (χ2n) is 7.76. The summed E-state index contributed by atoms with van der Waals surface area (Å²) < 4.78 is 0. The molecular formula is C26H27N3O2S2. The van der Waals surface area contributed by atoms with Crippen LogP contribution in [0.4, 0.5) is 17.1 Å². The summed E-state index contributed by atoms with van der Waals surface area (Å²) in [6, 6.07) is 20.9. The van der Waals surface area contributed by atoms with E-state index in [0.29, 0.717) is 10.7 Å². The van der Waals surface area contributed by atoms with Gasteiger partial charge in [0.25, 0.3) is 0 Å². The lowest BCUT2D eigenvalue weighted by molar-refractivity contribution is -0.115. The van der Waals surface area contributed by atoms with Gasteiger partial charge in [0.15, 0.2) is 10.9 Å². The Morgan fingerprint density at radius 2 is 1.45 bits per heavy atom. The summed E-state index contributed by atoms with van der Waals surface area (Å²) in [4.78, 5) is 25.1. The van der Waals surface area contributed by atoms with Crippen molar-refractivity contribution in [1.29, 1.82) is 0 Å². The molecule has 1 atom stereocenters. The van der Waals surface area contributed by atoms with Gasteiger partial charge in [0, 0.05) is 27.5 Å². The molecule has 0 bridgehead atoms. The number of nitrogens with one attached hydrogen (secondary N) is 3. The fraction of sp³-hybridized carbons (Fsp3) is 0.192. The van der Waals surface area contributed by atoms with Crippen LogP contribution in [0.3, 0.4) is 0 Å². The topological polar surface area (TPSA) is 70.2 Å². The average molecular weight is 478 g/mol. The number of hydrogen-bond acceptors (Lipinski definition) is 4. The van der Waals surface area contributed by atoms with Crippen LogP contribution in [-0.2, 0) is 4.79 Å². The van der Waals surface area contributed by atoms with Crippen LogP contribution < -0.4 is 16.0 Å². The lowest BCUT2D eigenvalue weighted by Gasteiger charge is -2.16. The zero-order chi connectivity index (χ0) is 24.0. The van der Waals surface area contributed by atoms with Crippen LogP contribution in [0.5, 0.6) is 0 Å². The summed E-state index contributed by atoms with van der Waals surface area (Å²) in [5, 5.41) is 9.50. The first-order valence-corrected chi connectivity index (χ1v) is 11.8. The van der Waals surface area contributed by atoms with Gasteiger partial charge >= 0.3 is 0 Å². The van der Waals surface area contributed by atoms with Crippen LogP contribution in [0.1, 0.15) is 35.3 Å². The second kappa shape index (κ2) is 11.1. The molecule has 0 aliphatic heterocycles. The van der Waals surface area contributed by atoms with Crippen LogP contribution in [0.2, 0.25) is 0 Å². The highest BCUT2D eigenvalue weighted by molar-refractivity contribution is 8.00. The zero-order valence-corrected chi connectivity index (χ0v) is 20.7. The molecule has 0 aliphatic rings. The number of carbonyl (C=O) groups excluding carboxylic acids is 2. The van der Waals surface area contributed by atoms with Gasteiger partial charge in [-0.1, -0.05) is 24.3 Å². The predicted molar refractivity (Wildman–Crippen MR) is 143 cm³/mol. The standard InChI is InChI=1S/C26H27N3O2S2/c1-16-7-5-8-17(2)24(16)29-25(31)19(4)33-23-10-6-9-22(15-23)28-26(32)27-21-13-11-20(12-14-21)18(3)30/h5-15,19H,1-4H3,(H,29,31)(H2,27,28,32). The Morgan fingerprint density at radius 3 is 2.09 bits per heavy atom. The van der Waals surface area contributed by atoms with E-state index in [1.54, 1.807) is 12.1 Å². The van der Waals surface area contributed by atoms with Crippen molar-refractivity contribution in [2.75, 3.05) is 16.0 Å². The minimum absolute atomic E-state index is 0.0218. The number of ketones is 1. The van der Waals surface area contributed by atoms with E-state index in [0.717, 1.165) is 33.1 Å². The van der Waals surface area contributed by atoms with Gasteiger partial charge in [0.1, 0.15) is 0 Å².